The molecule has 0 bridgehead atoms. The molecule has 0 aliphatic carbocycles. The minimum Gasteiger partial charge on any atom is -0.493 e. The number of rotatable bonds is 5. The standard InChI is InChI=1S/C21H20N4O4S/c1-12-23-21(25-29-12)13-4-6-16(7-5-13)24-18(20(22)30-3)14-8-15-10-27-11-28-19(15)17(9-14)26-2/h4-9,22H,10-11H2,1-3H3. The van der Waals surface area contributed by atoms with Crippen molar-refractivity contribution in [2.45, 2.75) is 13.5 Å². The van der Waals surface area contributed by atoms with Crippen LogP contribution >= 0.6 is 11.8 Å². The van der Waals surface area contributed by atoms with Gasteiger partial charge in [0, 0.05) is 23.6 Å². The molecule has 0 spiro atoms. The molecule has 0 radical (unpaired) electrons. The van der Waals surface area contributed by atoms with Crippen molar-refractivity contribution in [3.63, 3.8) is 0 Å². The summed E-state index contributed by atoms with van der Waals surface area (Å²) in [6.45, 7) is 2.35. The summed E-state index contributed by atoms with van der Waals surface area (Å²) in [7, 11) is 1.59. The average Bonchev–Trinajstić information content (AvgIpc) is 3.22. The Bertz CT molecular complexity index is 1090. The molecule has 3 aromatic rings. The van der Waals surface area contributed by atoms with Gasteiger partial charge in [-0.2, -0.15) is 4.98 Å². The van der Waals surface area contributed by atoms with Crippen LogP contribution in [0.25, 0.3) is 11.4 Å². The molecule has 1 aliphatic heterocycles. The Morgan fingerprint density at radius 1 is 1.23 bits per heavy atom. The maximum absolute atomic E-state index is 8.43. The van der Waals surface area contributed by atoms with Gasteiger partial charge in [0.2, 0.25) is 11.7 Å². The molecular formula is C21H20N4O4S. The minimum absolute atomic E-state index is 0.191. The predicted octanol–water partition coefficient (Wildman–Crippen LogP) is 4.38. The van der Waals surface area contributed by atoms with Gasteiger partial charge in [-0.05, 0) is 42.7 Å². The summed E-state index contributed by atoms with van der Waals surface area (Å²) in [6, 6.07) is 11.2. The molecule has 0 unspecified atom stereocenters. The second-order valence-electron chi connectivity index (χ2n) is 6.45. The van der Waals surface area contributed by atoms with Gasteiger partial charge in [0.1, 0.15) is 10.8 Å². The van der Waals surface area contributed by atoms with Gasteiger partial charge in [0.15, 0.2) is 18.3 Å². The van der Waals surface area contributed by atoms with Crippen LogP contribution in [-0.2, 0) is 11.3 Å². The molecule has 4 rings (SSSR count). The molecule has 154 valence electrons. The fourth-order valence-corrected chi connectivity index (χ4v) is 3.40. The maximum Gasteiger partial charge on any atom is 0.223 e. The van der Waals surface area contributed by atoms with E-state index in [1.165, 1.54) is 11.8 Å². The smallest absolute Gasteiger partial charge is 0.223 e. The van der Waals surface area contributed by atoms with Crippen molar-refractivity contribution in [1.29, 1.82) is 5.41 Å². The Balaban J connectivity index is 1.73. The molecule has 1 aliphatic rings. The van der Waals surface area contributed by atoms with E-state index in [1.807, 2.05) is 42.7 Å². The van der Waals surface area contributed by atoms with Crippen molar-refractivity contribution < 1.29 is 18.7 Å². The molecule has 0 saturated heterocycles. The molecule has 1 N–H and O–H groups in total. The zero-order valence-electron chi connectivity index (χ0n) is 16.8. The average molecular weight is 424 g/mol. The quantitative estimate of drug-likeness (QED) is 0.479. The van der Waals surface area contributed by atoms with Crippen LogP contribution in [-0.4, -0.2) is 41.1 Å². The summed E-state index contributed by atoms with van der Waals surface area (Å²) >= 11 is 1.32. The fraction of sp³-hybridized carbons (Fsp3) is 0.238. The Morgan fingerprint density at radius 2 is 2.03 bits per heavy atom. The third kappa shape index (κ3) is 4.07. The third-order valence-electron chi connectivity index (χ3n) is 4.48. The summed E-state index contributed by atoms with van der Waals surface area (Å²) in [6.07, 6.45) is 1.85. The number of benzene rings is 2. The highest BCUT2D eigenvalue weighted by atomic mass is 32.2. The van der Waals surface area contributed by atoms with Crippen LogP contribution in [0.5, 0.6) is 11.5 Å². The van der Waals surface area contributed by atoms with E-state index in [0.29, 0.717) is 46.3 Å². The number of nitrogens with zero attached hydrogens (tertiary/aromatic N) is 3. The van der Waals surface area contributed by atoms with E-state index in [4.69, 9.17) is 29.1 Å². The molecule has 2 heterocycles. The number of aliphatic imine (C=N–C) groups is 1. The van der Waals surface area contributed by atoms with Gasteiger partial charge >= 0.3 is 0 Å². The van der Waals surface area contributed by atoms with Gasteiger partial charge in [-0.3, -0.25) is 5.41 Å². The Labute approximate surface area is 177 Å². The predicted molar refractivity (Wildman–Crippen MR) is 115 cm³/mol. The molecule has 9 heteroatoms. The molecule has 8 nitrogen and oxygen atoms in total. The first kappa shape index (κ1) is 20.1. The lowest BCUT2D eigenvalue weighted by Gasteiger charge is -2.21. The van der Waals surface area contributed by atoms with E-state index in [0.717, 1.165) is 16.7 Å². The number of hydrogen-bond acceptors (Lipinski definition) is 9. The fourth-order valence-electron chi connectivity index (χ4n) is 3.05. The summed E-state index contributed by atoms with van der Waals surface area (Å²) in [5.74, 6) is 2.30. The largest absolute Gasteiger partial charge is 0.493 e. The van der Waals surface area contributed by atoms with Gasteiger partial charge in [-0.1, -0.05) is 5.16 Å². The van der Waals surface area contributed by atoms with Crippen LogP contribution in [0.4, 0.5) is 5.69 Å². The molecule has 0 saturated carbocycles. The number of aryl methyl sites for hydroxylation is 1. The Hall–Kier alpha value is -3.17. The van der Waals surface area contributed by atoms with Crippen LogP contribution in [0.2, 0.25) is 0 Å². The summed E-state index contributed by atoms with van der Waals surface area (Å²) in [4.78, 5) is 8.97. The first-order valence-corrected chi connectivity index (χ1v) is 10.4. The molecule has 1 aromatic heterocycles. The monoisotopic (exact) mass is 424 g/mol. The van der Waals surface area contributed by atoms with Gasteiger partial charge in [0.05, 0.1) is 19.4 Å². The molecule has 2 aromatic carbocycles. The molecule has 0 amide bonds. The van der Waals surface area contributed by atoms with Crippen LogP contribution < -0.4 is 9.47 Å². The number of methoxy groups -OCH3 is 1. The van der Waals surface area contributed by atoms with Crippen LogP contribution in [0.1, 0.15) is 17.0 Å². The topological polar surface area (TPSA) is 103 Å². The van der Waals surface area contributed by atoms with E-state index >= 15 is 0 Å². The Morgan fingerprint density at radius 3 is 2.70 bits per heavy atom. The van der Waals surface area contributed by atoms with Crippen molar-refractivity contribution in [2.24, 2.45) is 4.99 Å². The zero-order chi connectivity index (χ0) is 21.1. The number of fused-ring (bicyclic) bond motifs is 1. The van der Waals surface area contributed by atoms with E-state index in [9.17, 15) is 0 Å². The lowest BCUT2D eigenvalue weighted by atomic mass is 10.0. The molecule has 0 atom stereocenters. The summed E-state index contributed by atoms with van der Waals surface area (Å²) in [5.41, 5.74) is 3.70. The highest BCUT2D eigenvalue weighted by Gasteiger charge is 2.21. The first-order valence-electron chi connectivity index (χ1n) is 9.13. The van der Waals surface area contributed by atoms with Gasteiger partial charge in [-0.15, -0.1) is 11.8 Å². The van der Waals surface area contributed by atoms with Crippen LogP contribution in [0.15, 0.2) is 45.9 Å². The van der Waals surface area contributed by atoms with Crippen molar-refractivity contribution in [3.05, 3.63) is 53.4 Å². The number of ether oxygens (including phenoxy) is 3. The third-order valence-corrected chi connectivity index (χ3v) is 5.08. The van der Waals surface area contributed by atoms with E-state index in [-0.39, 0.29) is 6.79 Å². The lowest BCUT2D eigenvalue weighted by molar-refractivity contribution is -0.0180. The second-order valence-corrected chi connectivity index (χ2v) is 7.27. The first-order chi connectivity index (χ1) is 14.6. The van der Waals surface area contributed by atoms with E-state index < -0.39 is 0 Å². The number of nitrogens with one attached hydrogen (secondary N) is 1. The van der Waals surface area contributed by atoms with Crippen LogP contribution in [0, 0.1) is 12.3 Å². The summed E-state index contributed by atoms with van der Waals surface area (Å²) < 4.78 is 21.5. The van der Waals surface area contributed by atoms with Crippen molar-refractivity contribution in [2.75, 3.05) is 20.2 Å². The van der Waals surface area contributed by atoms with Crippen molar-refractivity contribution in [1.82, 2.24) is 10.1 Å². The van der Waals surface area contributed by atoms with Gasteiger partial charge < -0.3 is 18.7 Å². The highest BCUT2D eigenvalue weighted by Crippen LogP contribution is 2.36. The zero-order valence-corrected chi connectivity index (χ0v) is 17.6. The molecule has 30 heavy (non-hydrogen) atoms. The number of aromatic nitrogens is 2. The summed E-state index contributed by atoms with van der Waals surface area (Å²) in [5, 5.41) is 12.7. The minimum atomic E-state index is 0.191. The lowest BCUT2D eigenvalue weighted by Crippen LogP contribution is -2.16. The van der Waals surface area contributed by atoms with Gasteiger partial charge in [-0.25, -0.2) is 4.99 Å². The van der Waals surface area contributed by atoms with Crippen molar-refractivity contribution in [3.8, 4) is 22.9 Å². The van der Waals surface area contributed by atoms with Gasteiger partial charge in [0.25, 0.3) is 0 Å². The molecule has 0 fully saturated rings. The maximum atomic E-state index is 8.43. The number of hydrogen-bond donors (Lipinski definition) is 1. The second kappa shape index (κ2) is 8.68. The van der Waals surface area contributed by atoms with Crippen molar-refractivity contribution >= 4 is 28.2 Å². The Kier molecular flexibility index (Phi) is 5.82. The number of thioether (sulfide) groups is 1. The van der Waals surface area contributed by atoms with E-state index in [1.54, 1.807) is 14.0 Å². The SMILES string of the molecule is COc1cc(C(=Nc2ccc(-c3noc(C)n3)cc2)C(=N)SC)cc2c1OCOC2. The normalized spacial score (nSPS) is 13.5. The highest BCUT2D eigenvalue weighted by molar-refractivity contribution is 8.15. The molecular weight excluding hydrogens is 404 g/mol. The van der Waals surface area contributed by atoms with Crippen LogP contribution in [0.3, 0.4) is 0 Å². The van der Waals surface area contributed by atoms with E-state index in [2.05, 4.69) is 10.1 Å².